The van der Waals surface area contributed by atoms with Crippen LogP contribution in [-0.4, -0.2) is 12.8 Å². The van der Waals surface area contributed by atoms with Crippen LogP contribution < -0.4 is 5.48 Å². The summed E-state index contributed by atoms with van der Waals surface area (Å²) >= 11 is 5.59. The standard InChI is InChI=1S/C9H8ClF4NO/c10-7-1-2-8(11)6(3-7)4-15-16-5-9(12,13)14/h1-3,15H,4-5H2. The van der Waals surface area contributed by atoms with E-state index in [1.807, 2.05) is 5.48 Å². The first-order chi connectivity index (χ1) is 7.38. The third-order valence-corrected chi connectivity index (χ3v) is 1.84. The molecule has 1 rings (SSSR count). The number of hydroxylamine groups is 1. The van der Waals surface area contributed by atoms with Crippen molar-refractivity contribution in [2.45, 2.75) is 12.7 Å². The molecule has 0 saturated carbocycles. The quantitative estimate of drug-likeness (QED) is 0.508. The van der Waals surface area contributed by atoms with Crippen LogP contribution in [-0.2, 0) is 11.4 Å². The fraction of sp³-hybridized carbons (Fsp3) is 0.333. The van der Waals surface area contributed by atoms with E-state index in [0.29, 0.717) is 5.02 Å². The van der Waals surface area contributed by atoms with E-state index in [0.717, 1.165) is 6.07 Å². The predicted octanol–water partition coefficient (Wildman–Crippen LogP) is 3.06. The lowest BCUT2D eigenvalue weighted by Crippen LogP contribution is -2.24. The summed E-state index contributed by atoms with van der Waals surface area (Å²) in [5.74, 6) is -0.562. The number of nitrogens with one attached hydrogen (secondary N) is 1. The first-order valence-electron chi connectivity index (χ1n) is 4.24. The molecule has 0 radical (unpaired) electrons. The molecule has 0 aliphatic rings. The van der Waals surface area contributed by atoms with Crippen molar-refractivity contribution in [3.05, 3.63) is 34.6 Å². The number of hydrogen-bond acceptors (Lipinski definition) is 2. The Balaban J connectivity index is 2.40. The molecule has 0 aromatic heterocycles. The van der Waals surface area contributed by atoms with Gasteiger partial charge in [0.2, 0.25) is 0 Å². The largest absolute Gasteiger partial charge is 0.413 e. The van der Waals surface area contributed by atoms with E-state index in [2.05, 4.69) is 4.84 Å². The van der Waals surface area contributed by atoms with E-state index in [9.17, 15) is 17.6 Å². The van der Waals surface area contributed by atoms with E-state index in [1.54, 1.807) is 0 Å². The summed E-state index contributed by atoms with van der Waals surface area (Å²) in [6.45, 7) is -1.63. The van der Waals surface area contributed by atoms with Gasteiger partial charge in [0.05, 0.1) is 0 Å². The zero-order valence-electron chi connectivity index (χ0n) is 7.94. The van der Waals surface area contributed by atoms with Gasteiger partial charge in [0.1, 0.15) is 5.82 Å². The Bertz CT molecular complexity index is 356. The van der Waals surface area contributed by atoms with Crippen LogP contribution in [0.1, 0.15) is 5.56 Å². The van der Waals surface area contributed by atoms with Gasteiger partial charge in [0.25, 0.3) is 0 Å². The molecule has 1 aromatic rings. The minimum atomic E-state index is -4.42. The molecule has 2 nitrogen and oxygen atoms in total. The molecule has 0 fully saturated rings. The summed E-state index contributed by atoms with van der Waals surface area (Å²) in [5.41, 5.74) is 2.14. The second-order valence-corrected chi connectivity index (χ2v) is 3.40. The van der Waals surface area contributed by atoms with Crippen molar-refractivity contribution in [3.63, 3.8) is 0 Å². The van der Waals surface area contributed by atoms with Gasteiger partial charge < -0.3 is 0 Å². The molecule has 0 aliphatic heterocycles. The third-order valence-electron chi connectivity index (χ3n) is 1.61. The Labute approximate surface area is 94.1 Å². The molecule has 0 saturated heterocycles. The molecule has 0 heterocycles. The minimum absolute atomic E-state index is 0.134. The van der Waals surface area contributed by atoms with E-state index in [1.165, 1.54) is 12.1 Å². The smallest absolute Gasteiger partial charge is 0.292 e. The van der Waals surface area contributed by atoms with E-state index >= 15 is 0 Å². The summed E-state index contributed by atoms with van der Waals surface area (Å²) in [6, 6.07) is 3.78. The highest BCUT2D eigenvalue weighted by Crippen LogP contribution is 2.16. The van der Waals surface area contributed by atoms with Crippen molar-refractivity contribution in [3.8, 4) is 0 Å². The Morgan fingerprint density at radius 2 is 2.00 bits per heavy atom. The van der Waals surface area contributed by atoms with Crippen molar-refractivity contribution in [2.75, 3.05) is 6.61 Å². The lowest BCUT2D eigenvalue weighted by Gasteiger charge is -2.09. The molecule has 0 aliphatic carbocycles. The Hall–Kier alpha value is -0.850. The van der Waals surface area contributed by atoms with Crippen LogP contribution in [0.15, 0.2) is 18.2 Å². The lowest BCUT2D eigenvalue weighted by molar-refractivity contribution is -0.190. The van der Waals surface area contributed by atoms with Crippen LogP contribution in [0, 0.1) is 5.82 Å². The molecule has 0 spiro atoms. The lowest BCUT2D eigenvalue weighted by atomic mass is 10.2. The van der Waals surface area contributed by atoms with Crippen molar-refractivity contribution in [1.29, 1.82) is 0 Å². The number of halogens is 5. The van der Waals surface area contributed by atoms with Crippen LogP contribution in [0.4, 0.5) is 17.6 Å². The van der Waals surface area contributed by atoms with Gasteiger partial charge in [-0.3, -0.25) is 4.84 Å². The summed E-state index contributed by atoms with van der Waals surface area (Å²) < 4.78 is 48.0. The maximum Gasteiger partial charge on any atom is 0.413 e. The summed E-state index contributed by atoms with van der Waals surface area (Å²) in [4.78, 5) is 4.11. The highest BCUT2D eigenvalue weighted by atomic mass is 35.5. The zero-order valence-corrected chi connectivity index (χ0v) is 8.70. The molecular weight excluding hydrogens is 250 g/mol. The average molecular weight is 258 g/mol. The monoisotopic (exact) mass is 257 g/mol. The van der Waals surface area contributed by atoms with Crippen molar-refractivity contribution < 1.29 is 22.4 Å². The minimum Gasteiger partial charge on any atom is -0.292 e. The topological polar surface area (TPSA) is 21.3 Å². The molecule has 0 unspecified atom stereocenters. The number of benzene rings is 1. The SMILES string of the molecule is Fc1ccc(Cl)cc1CNOCC(F)(F)F. The fourth-order valence-corrected chi connectivity index (χ4v) is 1.14. The first kappa shape index (κ1) is 13.2. The third kappa shape index (κ3) is 4.78. The number of rotatable bonds is 4. The van der Waals surface area contributed by atoms with Crippen LogP contribution in [0.2, 0.25) is 5.02 Å². The second-order valence-electron chi connectivity index (χ2n) is 2.96. The molecule has 16 heavy (non-hydrogen) atoms. The van der Waals surface area contributed by atoms with Gasteiger partial charge in [0.15, 0.2) is 6.61 Å². The van der Waals surface area contributed by atoms with E-state index in [-0.39, 0.29) is 12.1 Å². The molecular formula is C9H8ClF4NO. The summed E-state index contributed by atoms with van der Waals surface area (Å²) in [7, 11) is 0. The summed E-state index contributed by atoms with van der Waals surface area (Å²) in [6.07, 6.45) is -4.42. The van der Waals surface area contributed by atoms with Crippen LogP contribution in [0.25, 0.3) is 0 Å². The zero-order chi connectivity index (χ0) is 12.2. The normalized spacial score (nSPS) is 11.8. The second kappa shape index (κ2) is 5.47. The molecule has 0 bridgehead atoms. The molecule has 1 N–H and O–H groups in total. The van der Waals surface area contributed by atoms with Crippen molar-refractivity contribution in [2.24, 2.45) is 0 Å². The highest BCUT2D eigenvalue weighted by Gasteiger charge is 2.27. The van der Waals surface area contributed by atoms with Crippen molar-refractivity contribution in [1.82, 2.24) is 5.48 Å². The van der Waals surface area contributed by atoms with Crippen molar-refractivity contribution >= 4 is 11.6 Å². The maximum atomic E-state index is 13.1. The Kier molecular flexibility index (Phi) is 4.52. The van der Waals surface area contributed by atoms with Gasteiger partial charge >= 0.3 is 6.18 Å². The van der Waals surface area contributed by atoms with Crippen LogP contribution >= 0.6 is 11.6 Å². The Morgan fingerprint density at radius 1 is 1.31 bits per heavy atom. The highest BCUT2D eigenvalue weighted by molar-refractivity contribution is 6.30. The van der Waals surface area contributed by atoms with E-state index in [4.69, 9.17) is 11.6 Å². The average Bonchev–Trinajstić information content (AvgIpc) is 2.16. The molecule has 1 aromatic carbocycles. The number of alkyl halides is 3. The number of hydrogen-bond donors (Lipinski definition) is 1. The van der Waals surface area contributed by atoms with Gasteiger partial charge in [-0.1, -0.05) is 11.6 Å². The van der Waals surface area contributed by atoms with Gasteiger partial charge in [-0.2, -0.15) is 18.7 Å². The Morgan fingerprint density at radius 3 is 2.62 bits per heavy atom. The first-order valence-corrected chi connectivity index (χ1v) is 4.61. The predicted molar refractivity (Wildman–Crippen MR) is 50.3 cm³/mol. The molecule has 0 atom stereocenters. The van der Waals surface area contributed by atoms with Gasteiger partial charge in [0, 0.05) is 17.1 Å². The fourth-order valence-electron chi connectivity index (χ4n) is 0.940. The summed E-state index contributed by atoms with van der Waals surface area (Å²) in [5, 5.41) is 0.300. The molecule has 0 amide bonds. The van der Waals surface area contributed by atoms with Gasteiger partial charge in [-0.15, -0.1) is 0 Å². The maximum absolute atomic E-state index is 13.1. The van der Waals surface area contributed by atoms with Gasteiger partial charge in [-0.05, 0) is 18.2 Å². The van der Waals surface area contributed by atoms with Crippen LogP contribution in [0.3, 0.4) is 0 Å². The van der Waals surface area contributed by atoms with E-state index < -0.39 is 18.6 Å². The molecule has 7 heteroatoms. The molecule has 90 valence electrons. The van der Waals surface area contributed by atoms with Gasteiger partial charge in [-0.25, -0.2) is 4.39 Å². The van der Waals surface area contributed by atoms with Crippen LogP contribution in [0.5, 0.6) is 0 Å².